The Kier molecular flexibility index (Phi) is 4.49. The summed E-state index contributed by atoms with van der Waals surface area (Å²) in [7, 11) is 0. The van der Waals surface area contributed by atoms with Gasteiger partial charge in [-0.25, -0.2) is 0 Å². The van der Waals surface area contributed by atoms with Gasteiger partial charge >= 0.3 is 6.18 Å². The maximum atomic E-state index is 11.8. The molecule has 0 bridgehead atoms. The smallest absolute Gasteiger partial charge is 0.320 e. The van der Waals surface area contributed by atoms with Crippen LogP contribution in [-0.4, -0.2) is 12.2 Å². The predicted molar refractivity (Wildman–Crippen MR) is 40.7 cm³/mol. The molecule has 0 saturated carbocycles. The molecule has 0 aromatic heterocycles. The zero-order valence-corrected chi connectivity index (χ0v) is 7.51. The van der Waals surface area contributed by atoms with Crippen molar-refractivity contribution < 1.29 is 13.2 Å². The van der Waals surface area contributed by atoms with Crippen LogP contribution in [-0.2, 0) is 0 Å². The lowest BCUT2D eigenvalue weighted by molar-refractivity contribution is -0.167. The second-order valence-electron chi connectivity index (χ2n) is 3.39. The van der Waals surface area contributed by atoms with Gasteiger partial charge in [0.1, 0.15) is 6.04 Å². The van der Waals surface area contributed by atoms with Gasteiger partial charge in [-0.1, -0.05) is 20.8 Å². The summed E-state index contributed by atoms with van der Waals surface area (Å²) in [4.78, 5) is 0. The maximum Gasteiger partial charge on any atom is 0.404 e. The highest BCUT2D eigenvalue weighted by molar-refractivity contribution is 5.85. The summed E-state index contributed by atoms with van der Waals surface area (Å²) in [6, 6.07) is -1.74. The molecule has 2 N–H and O–H groups in total. The second-order valence-corrected chi connectivity index (χ2v) is 3.39. The third-order valence-electron chi connectivity index (χ3n) is 1.29. The number of alkyl halides is 3. The molecule has 0 aliphatic rings. The van der Waals surface area contributed by atoms with E-state index < -0.39 is 17.6 Å². The minimum absolute atomic E-state index is 0. The molecule has 0 aromatic rings. The van der Waals surface area contributed by atoms with Crippen LogP contribution in [0.2, 0.25) is 0 Å². The molecule has 11 heavy (non-hydrogen) atoms. The van der Waals surface area contributed by atoms with Gasteiger partial charge in [-0.2, -0.15) is 13.2 Å². The first-order chi connectivity index (χ1) is 4.15. The average molecular weight is 192 g/mol. The van der Waals surface area contributed by atoms with Gasteiger partial charge in [0.25, 0.3) is 0 Å². The van der Waals surface area contributed by atoms with Crippen LogP contribution in [0.15, 0.2) is 0 Å². The van der Waals surface area contributed by atoms with Gasteiger partial charge in [-0.15, -0.1) is 12.4 Å². The van der Waals surface area contributed by atoms with E-state index in [0.717, 1.165) is 0 Å². The zero-order chi connectivity index (χ0) is 8.58. The first kappa shape index (κ1) is 13.6. The maximum absolute atomic E-state index is 11.8. The Morgan fingerprint density at radius 3 is 1.36 bits per heavy atom. The molecule has 70 valence electrons. The predicted octanol–water partition coefficient (Wildman–Crippen LogP) is 2.34. The molecule has 0 spiro atoms. The molecule has 0 rings (SSSR count). The normalized spacial score (nSPS) is 15.5. The summed E-state index contributed by atoms with van der Waals surface area (Å²) < 4.78 is 35.5. The van der Waals surface area contributed by atoms with Gasteiger partial charge < -0.3 is 5.73 Å². The molecule has 0 aliphatic carbocycles. The Morgan fingerprint density at radius 2 is 1.36 bits per heavy atom. The Hall–Kier alpha value is 0.0400. The van der Waals surface area contributed by atoms with Gasteiger partial charge in [0.2, 0.25) is 0 Å². The lowest BCUT2D eigenvalue weighted by Gasteiger charge is -2.28. The number of nitrogens with two attached hydrogens (primary N) is 1. The van der Waals surface area contributed by atoms with Gasteiger partial charge in [0.15, 0.2) is 0 Å². The lowest BCUT2D eigenvalue weighted by Crippen LogP contribution is -2.47. The highest BCUT2D eigenvalue weighted by Gasteiger charge is 2.43. The monoisotopic (exact) mass is 191 g/mol. The van der Waals surface area contributed by atoms with Gasteiger partial charge in [0.05, 0.1) is 0 Å². The fourth-order valence-corrected chi connectivity index (χ4v) is 0.491. The lowest BCUT2D eigenvalue weighted by atomic mass is 9.87. The largest absolute Gasteiger partial charge is 0.404 e. The minimum Gasteiger partial charge on any atom is -0.320 e. The van der Waals surface area contributed by atoms with Crippen molar-refractivity contribution in [3.8, 4) is 0 Å². The Balaban J connectivity index is 0. The van der Waals surface area contributed by atoms with Crippen LogP contribution >= 0.6 is 12.4 Å². The number of hydrogen-bond acceptors (Lipinski definition) is 1. The van der Waals surface area contributed by atoms with Crippen molar-refractivity contribution in [2.75, 3.05) is 0 Å². The van der Waals surface area contributed by atoms with Crippen LogP contribution in [0.1, 0.15) is 20.8 Å². The summed E-state index contributed by atoms with van der Waals surface area (Å²) in [6.07, 6.45) is -4.28. The van der Waals surface area contributed by atoms with Gasteiger partial charge in [0, 0.05) is 0 Å². The van der Waals surface area contributed by atoms with Crippen molar-refractivity contribution in [1.82, 2.24) is 0 Å². The summed E-state index contributed by atoms with van der Waals surface area (Å²) >= 11 is 0. The molecule has 0 unspecified atom stereocenters. The molecule has 1 nitrogen and oxygen atoms in total. The SMILES string of the molecule is CC(C)(C)[C@@H](N)C(F)(F)F.Cl. The van der Waals surface area contributed by atoms with Crippen molar-refractivity contribution in [1.29, 1.82) is 0 Å². The minimum atomic E-state index is -4.28. The van der Waals surface area contributed by atoms with Crippen molar-refractivity contribution in [2.24, 2.45) is 11.1 Å². The van der Waals surface area contributed by atoms with E-state index >= 15 is 0 Å². The molecule has 0 radical (unpaired) electrons. The van der Waals surface area contributed by atoms with Crippen molar-refractivity contribution in [3.05, 3.63) is 0 Å². The molecule has 0 saturated heterocycles. The number of rotatable bonds is 0. The third kappa shape index (κ3) is 4.48. The van der Waals surface area contributed by atoms with Crippen LogP contribution in [0.25, 0.3) is 0 Å². The van der Waals surface area contributed by atoms with E-state index in [1.165, 1.54) is 20.8 Å². The van der Waals surface area contributed by atoms with Crippen molar-refractivity contribution >= 4 is 12.4 Å². The molecule has 0 amide bonds. The quantitative estimate of drug-likeness (QED) is 0.625. The summed E-state index contributed by atoms with van der Waals surface area (Å²) in [5.74, 6) is 0. The molecule has 5 heteroatoms. The van der Waals surface area contributed by atoms with E-state index in [0.29, 0.717) is 0 Å². The molecular weight excluding hydrogens is 179 g/mol. The molecule has 0 heterocycles. The van der Waals surface area contributed by atoms with E-state index in [9.17, 15) is 13.2 Å². The second kappa shape index (κ2) is 3.63. The Bertz CT molecular complexity index is 102. The van der Waals surface area contributed by atoms with Gasteiger partial charge in [-0.05, 0) is 5.41 Å². The average Bonchev–Trinajstić information content (AvgIpc) is 1.59. The van der Waals surface area contributed by atoms with E-state index in [4.69, 9.17) is 5.73 Å². The van der Waals surface area contributed by atoms with Gasteiger partial charge in [-0.3, -0.25) is 0 Å². The van der Waals surface area contributed by atoms with E-state index in [1.54, 1.807) is 0 Å². The molecule has 0 aromatic carbocycles. The summed E-state index contributed by atoms with van der Waals surface area (Å²) in [6.45, 7) is 4.39. The summed E-state index contributed by atoms with van der Waals surface area (Å²) in [5, 5.41) is 0. The molecule has 1 atom stereocenters. The molecule has 0 fully saturated rings. The first-order valence-corrected chi connectivity index (χ1v) is 2.98. The fraction of sp³-hybridized carbons (Fsp3) is 1.00. The van der Waals surface area contributed by atoms with E-state index in [-0.39, 0.29) is 12.4 Å². The highest BCUT2D eigenvalue weighted by Crippen LogP contribution is 2.30. The van der Waals surface area contributed by atoms with Crippen LogP contribution in [0.3, 0.4) is 0 Å². The number of hydrogen-bond donors (Lipinski definition) is 1. The van der Waals surface area contributed by atoms with E-state index in [1.807, 2.05) is 0 Å². The van der Waals surface area contributed by atoms with Crippen molar-refractivity contribution in [2.45, 2.75) is 33.0 Å². The first-order valence-electron chi connectivity index (χ1n) is 2.98. The topological polar surface area (TPSA) is 26.0 Å². The Labute approximate surface area is 70.6 Å². The standard InChI is InChI=1S/C6H12F3N.ClH/c1-5(2,3)4(10)6(7,8)9;/h4H,10H2,1-3H3;1H/t4-;/m1./s1. The third-order valence-corrected chi connectivity index (χ3v) is 1.29. The summed E-state index contributed by atoms with van der Waals surface area (Å²) in [5.41, 5.74) is 4.00. The van der Waals surface area contributed by atoms with Crippen molar-refractivity contribution in [3.63, 3.8) is 0 Å². The van der Waals surface area contributed by atoms with Crippen LogP contribution in [0.4, 0.5) is 13.2 Å². The van der Waals surface area contributed by atoms with Crippen LogP contribution in [0, 0.1) is 5.41 Å². The van der Waals surface area contributed by atoms with E-state index in [2.05, 4.69) is 0 Å². The highest BCUT2D eigenvalue weighted by atomic mass is 35.5. The number of halogens is 4. The zero-order valence-electron chi connectivity index (χ0n) is 6.70. The van der Waals surface area contributed by atoms with Crippen LogP contribution in [0.5, 0.6) is 0 Å². The fourth-order valence-electron chi connectivity index (χ4n) is 0.491. The van der Waals surface area contributed by atoms with Crippen LogP contribution < -0.4 is 5.73 Å². The molecule has 0 aliphatic heterocycles. The Morgan fingerprint density at radius 1 is 1.09 bits per heavy atom. The molecular formula is C6H13ClF3N.